The van der Waals surface area contributed by atoms with Crippen molar-refractivity contribution in [1.29, 1.82) is 0 Å². The van der Waals surface area contributed by atoms with E-state index in [1.165, 1.54) is 25.0 Å². The summed E-state index contributed by atoms with van der Waals surface area (Å²) < 4.78 is 25.3. The van der Waals surface area contributed by atoms with Gasteiger partial charge in [0.25, 0.3) is 0 Å². The van der Waals surface area contributed by atoms with E-state index in [0.29, 0.717) is 24.3 Å². The maximum atomic E-state index is 12.3. The molecule has 1 aromatic heterocycles. The minimum Gasteiger partial charge on any atom is -0.356 e. The molecular weight excluding hydrogens is 388 g/mol. The molecule has 1 atom stereocenters. The molecule has 0 saturated heterocycles. The largest absolute Gasteiger partial charge is 0.356 e. The molecular formula is C21H34N4O3S. The zero-order valence-corrected chi connectivity index (χ0v) is 18.6. The van der Waals surface area contributed by atoms with Gasteiger partial charge in [-0.15, -0.1) is 0 Å². The fourth-order valence-electron chi connectivity index (χ4n) is 3.52. The van der Waals surface area contributed by atoms with E-state index in [1.54, 1.807) is 6.07 Å². The predicted octanol–water partition coefficient (Wildman–Crippen LogP) is 3.36. The van der Waals surface area contributed by atoms with Crippen molar-refractivity contribution in [3.8, 4) is 0 Å². The quantitative estimate of drug-likeness (QED) is 0.547. The first-order valence-corrected chi connectivity index (χ1v) is 12.1. The van der Waals surface area contributed by atoms with Gasteiger partial charge in [-0.2, -0.15) is 0 Å². The molecule has 0 aliphatic rings. The van der Waals surface area contributed by atoms with Crippen molar-refractivity contribution >= 4 is 27.0 Å². The normalized spacial score (nSPS) is 13.0. The van der Waals surface area contributed by atoms with Crippen LogP contribution in [0, 0.1) is 5.92 Å². The van der Waals surface area contributed by atoms with Gasteiger partial charge >= 0.3 is 0 Å². The van der Waals surface area contributed by atoms with Gasteiger partial charge in [0.1, 0.15) is 5.82 Å². The highest BCUT2D eigenvalue weighted by Crippen LogP contribution is 2.21. The molecule has 0 aliphatic carbocycles. The van der Waals surface area contributed by atoms with Crippen molar-refractivity contribution in [2.75, 3.05) is 6.54 Å². The summed E-state index contributed by atoms with van der Waals surface area (Å²) in [5.41, 5.74) is 1.45. The van der Waals surface area contributed by atoms with E-state index in [4.69, 9.17) is 5.14 Å². The number of rotatable bonds is 12. The number of nitrogens with zero attached hydrogens (tertiary/aromatic N) is 2. The van der Waals surface area contributed by atoms with Crippen LogP contribution >= 0.6 is 0 Å². The van der Waals surface area contributed by atoms with E-state index in [9.17, 15) is 13.2 Å². The monoisotopic (exact) mass is 422 g/mol. The van der Waals surface area contributed by atoms with Crippen LogP contribution < -0.4 is 10.5 Å². The van der Waals surface area contributed by atoms with Crippen LogP contribution in [0.3, 0.4) is 0 Å². The van der Waals surface area contributed by atoms with Gasteiger partial charge < -0.3 is 9.88 Å². The smallest absolute Gasteiger partial charge is 0.238 e. The first-order valence-electron chi connectivity index (χ1n) is 10.6. The Labute approximate surface area is 174 Å². The molecule has 0 spiro atoms. The minimum absolute atomic E-state index is 0.0280. The number of fused-ring (bicyclic) bond motifs is 1. The van der Waals surface area contributed by atoms with E-state index in [1.807, 2.05) is 0 Å². The first-order chi connectivity index (χ1) is 13.8. The highest BCUT2D eigenvalue weighted by Gasteiger charge is 2.16. The second kappa shape index (κ2) is 10.7. The van der Waals surface area contributed by atoms with Gasteiger partial charge in [-0.05, 0) is 37.0 Å². The van der Waals surface area contributed by atoms with Gasteiger partial charge in [-0.1, -0.05) is 40.0 Å². The molecule has 0 bridgehead atoms. The number of hydrogen-bond acceptors (Lipinski definition) is 4. The predicted molar refractivity (Wildman–Crippen MR) is 116 cm³/mol. The fourth-order valence-corrected chi connectivity index (χ4v) is 4.05. The average Bonchev–Trinajstić information content (AvgIpc) is 3.03. The Bertz CT molecular complexity index is 921. The van der Waals surface area contributed by atoms with Gasteiger partial charge in [0.05, 0.1) is 15.9 Å². The summed E-state index contributed by atoms with van der Waals surface area (Å²) in [4.78, 5) is 17.0. The van der Waals surface area contributed by atoms with Crippen LogP contribution in [0.2, 0.25) is 0 Å². The maximum Gasteiger partial charge on any atom is 0.238 e. The fraction of sp³-hybridized carbons (Fsp3) is 0.619. The first kappa shape index (κ1) is 23.3. The Kier molecular flexibility index (Phi) is 8.64. The molecule has 29 heavy (non-hydrogen) atoms. The Hall–Kier alpha value is -1.93. The van der Waals surface area contributed by atoms with Crippen LogP contribution in [-0.4, -0.2) is 30.4 Å². The maximum absolute atomic E-state index is 12.3. The minimum atomic E-state index is -3.77. The molecule has 8 heteroatoms. The van der Waals surface area contributed by atoms with E-state index in [0.717, 1.165) is 43.7 Å². The summed E-state index contributed by atoms with van der Waals surface area (Å²) in [5.74, 6) is 1.35. The third-order valence-electron chi connectivity index (χ3n) is 5.28. The Balaban J connectivity index is 2.08. The lowest BCUT2D eigenvalue weighted by atomic mass is 9.99. The molecule has 0 fully saturated rings. The highest BCUT2D eigenvalue weighted by molar-refractivity contribution is 7.89. The number of sulfonamides is 1. The standard InChI is InChI=1S/C21H34N4O3S/c1-4-7-8-16(6-3)15-23-21(26)12-11-20-24-18-14-17(29(22,27)28)9-10-19(18)25(20)13-5-2/h9-10,14,16H,4-8,11-13,15H2,1-3H3,(H,23,26)(H2,22,27,28)/t16-/m1/s1. The lowest BCUT2D eigenvalue weighted by molar-refractivity contribution is -0.121. The summed E-state index contributed by atoms with van der Waals surface area (Å²) in [6.45, 7) is 7.90. The van der Waals surface area contributed by atoms with E-state index in [2.05, 4.69) is 35.6 Å². The van der Waals surface area contributed by atoms with Crippen molar-refractivity contribution in [3.63, 3.8) is 0 Å². The molecule has 3 N–H and O–H groups in total. The van der Waals surface area contributed by atoms with Crippen LogP contribution in [0.5, 0.6) is 0 Å². The number of amides is 1. The second-order valence-corrected chi connectivity index (χ2v) is 9.16. The third kappa shape index (κ3) is 6.54. The number of carbonyl (C=O) groups is 1. The number of nitrogens with two attached hydrogens (primary N) is 1. The second-order valence-electron chi connectivity index (χ2n) is 7.60. The summed E-state index contributed by atoms with van der Waals surface area (Å²) >= 11 is 0. The molecule has 1 aromatic carbocycles. The summed E-state index contributed by atoms with van der Waals surface area (Å²) in [7, 11) is -3.77. The van der Waals surface area contributed by atoms with Crippen LogP contribution in [0.1, 0.15) is 65.1 Å². The number of unbranched alkanes of at least 4 members (excludes halogenated alkanes) is 1. The van der Waals surface area contributed by atoms with Gasteiger partial charge in [-0.25, -0.2) is 18.5 Å². The Morgan fingerprint density at radius 3 is 2.62 bits per heavy atom. The van der Waals surface area contributed by atoms with Crippen LogP contribution in [0.15, 0.2) is 23.1 Å². The highest BCUT2D eigenvalue weighted by atomic mass is 32.2. The number of hydrogen-bond donors (Lipinski definition) is 2. The molecule has 7 nitrogen and oxygen atoms in total. The van der Waals surface area contributed by atoms with E-state index < -0.39 is 10.0 Å². The van der Waals surface area contributed by atoms with E-state index in [-0.39, 0.29) is 10.8 Å². The number of nitrogens with one attached hydrogen (secondary N) is 1. The number of aryl methyl sites for hydroxylation is 2. The van der Waals surface area contributed by atoms with Crippen molar-refractivity contribution in [1.82, 2.24) is 14.9 Å². The molecule has 2 aromatic rings. The summed E-state index contributed by atoms with van der Waals surface area (Å²) in [6, 6.07) is 4.74. The molecule has 1 heterocycles. The van der Waals surface area contributed by atoms with Crippen LogP contribution in [0.4, 0.5) is 0 Å². The number of carbonyl (C=O) groups excluding carboxylic acids is 1. The zero-order chi connectivity index (χ0) is 21.4. The van der Waals surface area contributed by atoms with Crippen molar-refractivity contribution < 1.29 is 13.2 Å². The van der Waals surface area contributed by atoms with Crippen LogP contribution in [-0.2, 0) is 27.8 Å². The van der Waals surface area contributed by atoms with Crippen molar-refractivity contribution in [2.24, 2.45) is 11.1 Å². The molecule has 2 rings (SSSR count). The van der Waals surface area contributed by atoms with Gasteiger partial charge in [0.15, 0.2) is 0 Å². The van der Waals surface area contributed by atoms with Crippen molar-refractivity contribution in [3.05, 3.63) is 24.0 Å². The number of imidazole rings is 1. The Morgan fingerprint density at radius 1 is 1.24 bits per heavy atom. The molecule has 162 valence electrons. The summed E-state index contributed by atoms with van der Waals surface area (Å²) in [5, 5.41) is 8.29. The lowest BCUT2D eigenvalue weighted by Gasteiger charge is -2.15. The van der Waals surface area contributed by atoms with E-state index >= 15 is 0 Å². The topological polar surface area (TPSA) is 107 Å². The molecule has 0 unspecified atom stereocenters. The summed E-state index contributed by atoms with van der Waals surface area (Å²) in [6.07, 6.45) is 6.36. The molecule has 1 amide bonds. The van der Waals surface area contributed by atoms with Gasteiger partial charge in [0.2, 0.25) is 15.9 Å². The van der Waals surface area contributed by atoms with Crippen LogP contribution in [0.25, 0.3) is 11.0 Å². The SMILES string of the molecule is CCCC[C@@H](CC)CNC(=O)CCc1nc2cc(S(N)(=O)=O)ccc2n1CCC. The molecule has 0 aliphatic heterocycles. The van der Waals surface area contributed by atoms with Gasteiger partial charge in [-0.3, -0.25) is 4.79 Å². The number of aromatic nitrogens is 2. The zero-order valence-electron chi connectivity index (χ0n) is 17.8. The number of benzene rings is 1. The molecule has 0 radical (unpaired) electrons. The average molecular weight is 423 g/mol. The van der Waals surface area contributed by atoms with Crippen molar-refractivity contribution in [2.45, 2.75) is 77.2 Å². The van der Waals surface area contributed by atoms with Gasteiger partial charge in [0, 0.05) is 25.9 Å². The number of primary sulfonamides is 1. The third-order valence-corrected chi connectivity index (χ3v) is 6.19. The Morgan fingerprint density at radius 2 is 2.00 bits per heavy atom. The molecule has 0 saturated carbocycles. The lowest BCUT2D eigenvalue weighted by Crippen LogP contribution is -2.29.